The van der Waals surface area contributed by atoms with Crippen LogP contribution in [0.3, 0.4) is 0 Å². The van der Waals surface area contributed by atoms with Crippen LogP contribution < -0.4 is 0 Å². The predicted molar refractivity (Wildman–Crippen MR) is 66.3 cm³/mol. The first-order chi connectivity index (χ1) is 8.54. The Morgan fingerprint density at radius 3 is 2.72 bits per heavy atom. The van der Waals surface area contributed by atoms with E-state index in [-0.39, 0.29) is 35.1 Å². The highest BCUT2D eigenvalue weighted by Crippen LogP contribution is 2.27. The molecule has 2 aromatic rings. The Bertz CT molecular complexity index is 608. The van der Waals surface area contributed by atoms with Crippen molar-refractivity contribution in [2.45, 2.75) is 20.5 Å². The van der Waals surface area contributed by atoms with Crippen LogP contribution in [0.5, 0.6) is 5.75 Å². The van der Waals surface area contributed by atoms with Crippen LogP contribution in [0.2, 0.25) is 0 Å². The second kappa shape index (κ2) is 4.70. The molecule has 0 aliphatic heterocycles. The molecule has 5 heteroatoms. The Morgan fingerprint density at radius 2 is 2.11 bits per heavy atom. The molecule has 0 atom stereocenters. The summed E-state index contributed by atoms with van der Waals surface area (Å²) in [5.41, 5.74) is 1.33. The molecule has 0 aromatic carbocycles. The molecule has 0 fully saturated rings. The molecule has 2 aromatic heterocycles. The van der Waals surface area contributed by atoms with Gasteiger partial charge in [0.1, 0.15) is 5.52 Å². The number of pyridine rings is 2. The third-order valence-electron chi connectivity index (χ3n) is 2.70. The van der Waals surface area contributed by atoms with Crippen molar-refractivity contribution in [3.63, 3.8) is 0 Å². The molecule has 0 amide bonds. The number of carbonyl (C=O) groups is 1. The molecule has 0 saturated heterocycles. The molecule has 0 unspecified atom stereocenters. The van der Waals surface area contributed by atoms with Crippen LogP contribution in [0.1, 0.15) is 29.9 Å². The van der Waals surface area contributed by atoms with Crippen LogP contribution in [0.15, 0.2) is 18.3 Å². The normalized spacial score (nSPS) is 11.1. The molecule has 2 heterocycles. The predicted octanol–water partition coefficient (Wildman–Crippen LogP) is 1.67. The number of hydrogen-bond donors (Lipinski definition) is 2. The van der Waals surface area contributed by atoms with Crippen molar-refractivity contribution in [1.82, 2.24) is 9.97 Å². The summed E-state index contributed by atoms with van der Waals surface area (Å²) in [6.45, 7) is 3.28. The molecule has 2 rings (SSSR count). The maximum atomic E-state index is 11.9. The molecule has 5 nitrogen and oxygen atoms in total. The van der Waals surface area contributed by atoms with Gasteiger partial charge in [-0.1, -0.05) is 13.8 Å². The number of hydrogen-bond acceptors (Lipinski definition) is 5. The van der Waals surface area contributed by atoms with Gasteiger partial charge in [0, 0.05) is 12.1 Å². The number of aromatic nitrogens is 2. The summed E-state index contributed by atoms with van der Waals surface area (Å²) in [6, 6.07) is 3.27. The van der Waals surface area contributed by atoms with Crippen LogP contribution in [-0.2, 0) is 6.61 Å². The average Bonchev–Trinajstić information content (AvgIpc) is 2.38. The van der Waals surface area contributed by atoms with E-state index in [0.29, 0.717) is 11.2 Å². The smallest absolute Gasteiger partial charge is 0.170 e. The summed E-state index contributed by atoms with van der Waals surface area (Å²) in [5.74, 6) is -0.580. The second-order valence-corrected chi connectivity index (χ2v) is 4.37. The number of carbonyl (C=O) groups excluding carboxylic acids is 1. The van der Waals surface area contributed by atoms with E-state index in [2.05, 4.69) is 9.97 Å². The fraction of sp³-hybridized carbons (Fsp3) is 0.308. The fourth-order valence-electron chi connectivity index (χ4n) is 1.67. The molecular formula is C13H14N2O3. The second-order valence-electron chi connectivity index (χ2n) is 4.37. The first kappa shape index (κ1) is 12.4. The van der Waals surface area contributed by atoms with Crippen LogP contribution in [0, 0.1) is 5.92 Å². The van der Waals surface area contributed by atoms with Gasteiger partial charge < -0.3 is 10.2 Å². The Kier molecular flexibility index (Phi) is 3.25. The molecule has 0 aliphatic rings. The highest BCUT2D eigenvalue weighted by Gasteiger charge is 2.18. The number of rotatable bonds is 3. The lowest BCUT2D eigenvalue weighted by molar-refractivity contribution is 0.0936. The number of aliphatic hydroxyl groups excluding tert-OH is 1. The zero-order valence-corrected chi connectivity index (χ0v) is 10.2. The van der Waals surface area contributed by atoms with Crippen LogP contribution in [0.4, 0.5) is 0 Å². The van der Waals surface area contributed by atoms with E-state index < -0.39 is 0 Å². The van der Waals surface area contributed by atoms with Gasteiger partial charge >= 0.3 is 0 Å². The van der Waals surface area contributed by atoms with E-state index in [1.54, 1.807) is 26.0 Å². The van der Waals surface area contributed by atoms with E-state index in [1.165, 1.54) is 6.20 Å². The minimum Gasteiger partial charge on any atom is -0.505 e. The summed E-state index contributed by atoms with van der Waals surface area (Å²) in [7, 11) is 0. The maximum Gasteiger partial charge on any atom is 0.170 e. The molecule has 18 heavy (non-hydrogen) atoms. The highest BCUT2D eigenvalue weighted by molar-refractivity contribution is 6.03. The molecule has 0 radical (unpaired) electrons. The Hall–Kier alpha value is -2.01. The van der Waals surface area contributed by atoms with Crippen molar-refractivity contribution in [1.29, 1.82) is 0 Å². The van der Waals surface area contributed by atoms with Gasteiger partial charge in [0.2, 0.25) is 0 Å². The van der Waals surface area contributed by atoms with Gasteiger partial charge in [0.15, 0.2) is 11.5 Å². The highest BCUT2D eigenvalue weighted by atomic mass is 16.3. The van der Waals surface area contributed by atoms with Crippen molar-refractivity contribution >= 4 is 16.8 Å². The van der Waals surface area contributed by atoms with Gasteiger partial charge in [-0.3, -0.25) is 9.78 Å². The fourth-order valence-corrected chi connectivity index (χ4v) is 1.67. The lowest BCUT2D eigenvalue weighted by Crippen LogP contribution is -2.08. The zero-order chi connectivity index (χ0) is 13.3. The largest absolute Gasteiger partial charge is 0.505 e. The monoisotopic (exact) mass is 246 g/mol. The average molecular weight is 246 g/mol. The van der Waals surface area contributed by atoms with E-state index in [0.717, 1.165) is 0 Å². The zero-order valence-electron chi connectivity index (χ0n) is 10.2. The SMILES string of the molecule is CC(C)C(=O)c1cnc2ccc(CO)nc2c1O. The number of aromatic hydroxyl groups is 1. The first-order valence-corrected chi connectivity index (χ1v) is 5.67. The minimum absolute atomic E-state index is 0.167. The van der Waals surface area contributed by atoms with Crippen LogP contribution >= 0.6 is 0 Å². The number of fused-ring (bicyclic) bond motifs is 1. The van der Waals surface area contributed by atoms with E-state index >= 15 is 0 Å². The number of nitrogens with zero attached hydrogens (tertiary/aromatic N) is 2. The van der Waals surface area contributed by atoms with E-state index in [9.17, 15) is 9.90 Å². The molecule has 0 spiro atoms. The summed E-state index contributed by atoms with van der Waals surface area (Å²) in [5, 5.41) is 19.1. The summed E-state index contributed by atoms with van der Waals surface area (Å²) >= 11 is 0. The van der Waals surface area contributed by atoms with Crippen molar-refractivity contribution in [3.05, 3.63) is 29.6 Å². The van der Waals surface area contributed by atoms with Crippen molar-refractivity contribution in [3.8, 4) is 5.75 Å². The Morgan fingerprint density at radius 1 is 1.39 bits per heavy atom. The van der Waals surface area contributed by atoms with Gasteiger partial charge in [0.05, 0.1) is 23.4 Å². The molecule has 0 aliphatic carbocycles. The van der Waals surface area contributed by atoms with E-state index in [1.807, 2.05) is 0 Å². The first-order valence-electron chi connectivity index (χ1n) is 5.67. The topological polar surface area (TPSA) is 83.3 Å². The summed E-state index contributed by atoms with van der Waals surface area (Å²) in [4.78, 5) is 20.1. The molecule has 2 N–H and O–H groups in total. The quantitative estimate of drug-likeness (QED) is 0.805. The van der Waals surface area contributed by atoms with Crippen LogP contribution in [-0.4, -0.2) is 26.0 Å². The minimum atomic E-state index is -0.226. The lowest BCUT2D eigenvalue weighted by Gasteiger charge is -2.08. The third-order valence-corrected chi connectivity index (χ3v) is 2.70. The molecular weight excluding hydrogens is 232 g/mol. The molecule has 0 saturated carbocycles. The maximum absolute atomic E-state index is 11.9. The van der Waals surface area contributed by atoms with Crippen molar-refractivity contribution < 1.29 is 15.0 Å². The molecule has 0 bridgehead atoms. The van der Waals surface area contributed by atoms with Gasteiger partial charge in [-0.15, -0.1) is 0 Å². The standard InChI is InChI=1S/C13H14N2O3/c1-7(2)12(17)9-5-14-10-4-3-8(6-16)15-11(10)13(9)18/h3-5,7,16H,6H2,1-2H3,(H,14,18). The summed E-state index contributed by atoms with van der Waals surface area (Å²) in [6.07, 6.45) is 1.36. The van der Waals surface area contributed by atoms with E-state index in [4.69, 9.17) is 5.11 Å². The number of ketones is 1. The van der Waals surface area contributed by atoms with Crippen molar-refractivity contribution in [2.24, 2.45) is 5.92 Å². The number of Topliss-reactive ketones (excluding diaryl/α,β-unsaturated/α-hetero) is 1. The van der Waals surface area contributed by atoms with Gasteiger partial charge in [0.25, 0.3) is 0 Å². The molecule has 94 valence electrons. The van der Waals surface area contributed by atoms with Crippen molar-refractivity contribution in [2.75, 3.05) is 0 Å². The third kappa shape index (κ3) is 2.04. The lowest BCUT2D eigenvalue weighted by atomic mass is 10.0. The number of aliphatic hydroxyl groups is 1. The van der Waals surface area contributed by atoms with Crippen LogP contribution in [0.25, 0.3) is 11.0 Å². The Labute approximate surface area is 104 Å². The summed E-state index contributed by atoms with van der Waals surface area (Å²) < 4.78 is 0. The van der Waals surface area contributed by atoms with Gasteiger partial charge in [-0.25, -0.2) is 4.98 Å². The van der Waals surface area contributed by atoms with Gasteiger partial charge in [-0.2, -0.15) is 0 Å². The van der Waals surface area contributed by atoms with Gasteiger partial charge in [-0.05, 0) is 12.1 Å². The Balaban J connectivity index is 2.65.